The highest BCUT2D eigenvalue weighted by Crippen LogP contribution is 2.28. The number of nitrogens with one attached hydrogen (secondary N) is 1. The first-order chi connectivity index (χ1) is 12.6. The molecule has 4 aromatic rings. The summed E-state index contributed by atoms with van der Waals surface area (Å²) in [6, 6.07) is 18.7. The highest BCUT2D eigenvalue weighted by molar-refractivity contribution is 5.92. The van der Waals surface area contributed by atoms with Crippen molar-refractivity contribution in [2.24, 2.45) is 0 Å². The van der Waals surface area contributed by atoms with Crippen molar-refractivity contribution in [1.29, 1.82) is 0 Å². The fraction of sp³-hybridized carbons (Fsp3) is 0.0476. The first kappa shape index (κ1) is 16.1. The molecular formula is C21H15F2N3. The molecule has 0 amide bonds. The summed E-state index contributed by atoms with van der Waals surface area (Å²) in [7, 11) is 0. The zero-order valence-electron chi connectivity index (χ0n) is 14.0. The van der Waals surface area contributed by atoms with Crippen LogP contribution in [0.25, 0.3) is 22.3 Å². The number of aromatic nitrogens is 2. The number of hydrogen-bond donors (Lipinski definition) is 1. The molecule has 0 saturated heterocycles. The maximum Gasteiger partial charge on any atom is 0.165 e. The number of nitrogens with zero attached hydrogens (tertiary/aromatic N) is 2. The van der Waals surface area contributed by atoms with Gasteiger partial charge in [-0.1, -0.05) is 30.3 Å². The van der Waals surface area contributed by atoms with Gasteiger partial charge in [-0.15, -0.1) is 0 Å². The Hall–Kier alpha value is -3.34. The summed E-state index contributed by atoms with van der Waals surface area (Å²) < 4.78 is 28.1. The van der Waals surface area contributed by atoms with Crippen molar-refractivity contribution >= 4 is 22.4 Å². The highest BCUT2D eigenvalue weighted by atomic mass is 19.1. The maximum atomic E-state index is 14.2. The fourth-order valence-corrected chi connectivity index (χ4v) is 2.74. The van der Waals surface area contributed by atoms with Crippen LogP contribution in [0.2, 0.25) is 0 Å². The van der Waals surface area contributed by atoms with E-state index in [0.717, 1.165) is 5.39 Å². The molecule has 128 valence electrons. The quantitative estimate of drug-likeness (QED) is 0.522. The van der Waals surface area contributed by atoms with Gasteiger partial charge in [-0.05, 0) is 48.9 Å². The molecule has 4 rings (SSSR count). The number of anilines is 2. The first-order valence-electron chi connectivity index (χ1n) is 8.17. The first-order valence-corrected chi connectivity index (χ1v) is 8.17. The van der Waals surface area contributed by atoms with Crippen LogP contribution in [0, 0.1) is 18.6 Å². The number of rotatable bonds is 3. The molecule has 0 radical (unpaired) electrons. The largest absolute Gasteiger partial charge is 0.340 e. The lowest BCUT2D eigenvalue weighted by molar-refractivity contribution is 0.619. The lowest BCUT2D eigenvalue weighted by atomic mass is 10.1. The van der Waals surface area contributed by atoms with Crippen molar-refractivity contribution < 1.29 is 8.78 Å². The monoisotopic (exact) mass is 347 g/mol. The van der Waals surface area contributed by atoms with Crippen LogP contribution in [0.4, 0.5) is 20.3 Å². The molecule has 0 bridgehead atoms. The molecule has 0 spiro atoms. The maximum absolute atomic E-state index is 14.2. The molecule has 0 fully saturated rings. The molecule has 0 aliphatic carbocycles. The van der Waals surface area contributed by atoms with Crippen LogP contribution >= 0.6 is 0 Å². The van der Waals surface area contributed by atoms with E-state index in [1.54, 1.807) is 37.3 Å². The van der Waals surface area contributed by atoms with Crippen LogP contribution in [0.1, 0.15) is 5.56 Å². The van der Waals surface area contributed by atoms with Crippen LogP contribution in [0.3, 0.4) is 0 Å². The van der Waals surface area contributed by atoms with Gasteiger partial charge in [0.15, 0.2) is 5.82 Å². The third-order valence-corrected chi connectivity index (χ3v) is 4.15. The van der Waals surface area contributed by atoms with E-state index < -0.39 is 5.82 Å². The third kappa shape index (κ3) is 2.99. The van der Waals surface area contributed by atoms with Crippen molar-refractivity contribution in [3.05, 3.63) is 83.9 Å². The molecule has 0 aliphatic heterocycles. The SMILES string of the molecule is Cc1ccc(Nc2nc(-c3ccccc3F)nc3ccccc23)cc1F. The van der Waals surface area contributed by atoms with Crippen LogP contribution in [0.15, 0.2) is 66.7 Å². The number of benzene rings is 3. The van der Waals surface area contributed by atoms with Gasteiger partial charge in [-0.3, -0.25) is 0 Å². The van der Waals surface area contributed by atoms with E-state index in [1.807, 2.05) is 24.3 Å². The fourth-order valence-electron chi connectivity index (χ4n) is 2.74. The second-order valence-electron chi connectivity index (χ2n) is 5.98. The normalized spacial score (nSPS) is 10.9. The van der Waals surface area contributed by atoms with Crippen molar-refractivity contribution in [2.75, 3.05) is 5.32 Å². The van der Waals surface area contributed by atoms with E-state index >= 15 is 0 Å². The van der Waals surface area contributed by atoms with Crippen molar-refractivity contribution in [3.63, 3.8) is 0 Å². The summed E-state index contributed by atoms with van der Waals surface area (Å²) >= 11 is 0. The summed E-state index contributed by atoms with van der Waals surface area (Å²) in [4.78, 5) is 8.97. The van der Waals surface area contributed by atoms with Crippen molar-refractivity contribution in [1.82, 2.24) is 9.97 Å². The Labute approximate surface area is 149 Å². The third-order valence-electron chi connectivity index (χ3n) is 4.15. The van der Waals surface area contributed by atoms with Gasteiger partial charge in [0, 0.05) is 11.1 Å². The van der Waals surface area contributed by atoms with E-state index in [2.05, 4.69) is 15.3 Å². The Morgan fingerprint density at radius 2 is 1.58 bits per heavy atom. The standard InChI is InChI=1S/C21H15F2N3/c1-13-10-11-14(12-18(13)23)24-21-16-7-3-5-9-19(16)25-20(26-21)15-6-2-4-8-17(15)22/h2-12H,1H3,(H,24,25,26). The topological polar surface area (TPSA) is 37.8 Å². The van der Waals surface area contributed by atoms with Crippen molar-refractivity contribution in [3.8, 4) is 11.4 Å². The minimum absolute atomic E-state index is 0.275. The van der Waals surface area contributed by atoms with Gasteiger partial charge in [-0.2, -0.15) is 0 Å². The van der Waals surface area contributed by atoms with E-state index in [0.29, 0.717) is 28.1 Å². The second kappa shape index (κ2) is 6.52. The summed E-state index contributed by atoms with van der Waals surface area (Å²) in [5.74, 6) is 0.0757. The number of para-hydroxylation sites is 1. The molecule has 5 heteroatoms. The van der Waals surface area contributed by atoms with Crippen molar-refractivity contribution in [2.45, 2.75) is 6.92 Å². The Morgan fingerprint density at radius 3 is 2.38 bits per heavy atom. The summed E-state index contributed by atoms with van der Waals surface area (Å²) in [6.45, 7) is 1.70. The summed E-state index contributed by atoms with van der Waals surface area (Å²) in [5.41, 5.74) is 2.12. The van der Waals surface area contributed by atoms with E-state index in [9.17, 15) is 8.78 Å². The van der Waals surface area contributed by atoms with Gasteiger partial charge in [0.25, 0.3) is 0 Å². The van der Waals surface area contributed by atoms with Gasteiger partial charge >= 0.3 is 0 Å². The molecule has 1 aromatic heterocycles. The van der Waals surface area contributed by atoms with Gasteiger partial charge in [0.1, 0.15) is 17.5 Å². The zero-order valence-corrected chi connectivity index (χ0v) is 14.0. The van der Waals surface area contributed by atoms with E-state index in [1.165, 1.54) is 12.1 Å². The molecular weight excluding hydrogens is 332 g/mol. The van der Waals surface area contributed by atoms with Crippen LogP contribution < -0.4 is 5.32 Å². The number of halogens is 2. The lowest BCUT2D eigenvalue weighted by Gasteiger charge is -2.12. The van der Waals surface area contributed by atoms with Gasteiger partial charge < -0.3 is 5.32 Å². The Bertz CT molecular complexity index is 1110. The second-order valence-corrected chi connectivity index (χ2v) is 5.98. The molecule has 0 saturated carbocycles. The lowest BCUT2D eigenvalue weighted by Crippen LogP contribution is -2.00. The highest BCUT2D eigenvalue weighted by Gasteiger charge is 2.13. The molecule has 0 unspecified atom stereocenters. The predicted molar refractivity (Wildman–Crippen MR) is 99.4 cm³/mol. The molecule has 0 atom stereocenters. The van der Waals surface area contributed by atoms with Gasteiger partial charge in [-0.25, -0.2) is 18.7 Å². The Balaban J connectivity index is 1.87. The molecule has 26 heavy (non-hydrogen) atoms. The predicted octanol–water partition coefficient (Wildman–Crippen LogP) is 5.63. The van der Waals surface area contributed by atoms with Crippen LogP contribution in [-0.2, 0) is 0 Å². The smallest absolute Gasteiger partial charge is 0.165 e. The number of hydrogen-bond acceptors (Lipinski definition) is 3. The molecule has 1 heterocycles. The van der Waals surface area contributed by atoms with Crippen LogP contribution in [-0.4, -0.2) is 9.97 Å². The summed E-state index contributed by atoms with van der Waals surface area (Å²) in [6.07, 6.45) is 0. The van der Waals surface area contributed by atoms with Gasteiger partial charge in [0.05, 0.1) is 11.1 Å². The summed E-state index contributed by atoms with van der Waals surface area (Å²) in [5, 5.41) is 3.90. The van der Waals surface area contributed by atoms with E-state index in [-0.39, 0.29) is 11.6 Å². The Kier molecular flexibility index (Phi) is 4.05. The zero-order chi connectivity index (χ0) is 18.1. The minimum Gasteiger partial charge on any atom is -0.340 e. The number of aryl methyl sites for hydroxylation is 1. The number of fused-ring (bicyclic) bond motifs is 1. The Morgan fingerprint density at radius 1 is 0.808 bits per heavy atom. The van der Waals surface area contributed by atoms with Gasteiger partial charge in [0.2, 0.25) is 0 Å². The average Bonchev–Trinajstić information content (AvgIpc) is 2.65. The minimum atomic E-state index is -0.393. The molecule has 3 aromatic carbocycles. The molecule has 3 nitrogen and oxygen atoms in total. The molecule has 0 aliphatic rings. The molecule has 1 N–H and O–H groups in total. The van der Waals surface area contributed by atoms with E-state index in [4.69, 9.17) is 0 Å². The van der Waals surface area contributed by atoms with Crippen LogP contribution in [0.5, 0.6) is 0 Å². The average molecular weight is 347 g/mol.